The normalized spacial score (nSPS) is 23.2. The lowest BCUT2D eigenvalue weighted by Gasteiger charge is -2.25. The Labute approximate surface area is 173 Å². The van der Waals surface area contributed by atoms with Crippen LogP contribution in [0.1, 0.15) is 30.2 Å². The number of carbonyl (C=O) groups excluding carboxylic acids is 2. The van der Waals surface area contributed by atoms with Gasteiger partial charge in [-0.15, -0.1) is 0 Å². The zero-order valence-corrected chi connectivity index (χ0v) is 16.8. The van der Waals surface area contributed by atoms with Gasteiger partial charge in [0.1, 0.15) is 29.1 Å². The summed E-state index contributed by atoms with van der Waals surface area (Å²) in [7, 11) is 2.95. The van der Waals surface area contributed by atoms with Crippen molar-refractivity contribution >= 4 is 17.4 Å². The van der Waals surface area contributed by atoms with Gasteiger partial charge in [0, 0.05) is 13.2 Å². The molecule has 2 unspecified atom stereocenters. The van der Waals surface area contributed by atoms with E-state index in [1.54, 1.807) is 30.3 Å². The number of ketones is 1. The minimum Gasteiger partial charge on any atom is -0.507 e. The Morgan fingerprint density at radius 3 is 2.70 bits per heavy atom. The fourth-order valence-electron chi connectivity index (χ4n) is 3.96. The zero-order chi connectivity index (χ0) is 21.3. The maximum atomic E-state index is 13.0. The summed E-state index contributed by atoms with van der Waals surface area (Å²) >= 11 is 0. The number of rotatable bonds is 6. The first kappa shape index (κ1) is 20.0. The number of benzene rings is 1. The van der Waals surface area contributed by atoms with Crippen LogP contribution in [-0.2, 0) is 14.3 Å². The fraction of sp³-hybridized carbons (Fsp3) is 0.364. The molecule has 2 saturated heterocycles. The Balaban J connectivity index is 1.84. The van der Waals surface area contributed by atoms with E-state index >= 15 is 0 Å². The largest absolute Gasteiger partial charge is 0.507 e. The molecule has 8 nitrogen and oxygen atoms in total. The van der Waals surface area contributed by atoms with Crippen LogP contribution in [0.15, 0.2) is 46.6 Å². The van der Waals surface area contributed by atoms with Crippen molar-refractivity contribution in [1.29, 1.82) is 0 Å². The fourth-order valence-corrected chi connectivity index (χ4v) is 3.96. The number of carbonyl (C=O) groups is 2. The summed E-state index contributed by atoms with van der Waals surface area (Å²) in [4.78, 5) is 27.3. The van der Waals surface area contributed by atoms with Gasteiger partial charge in [-0.3, -0.25) is 9.59 Å². The average Bonchev–Trinajstić information content (AvgIpc) is 3.52. The number of likely N-dealkylation sites (tertiary alicyclic amines) is 1. The molecule has 2 fully saturated rings. The van der Waals surface area contributed by atoms with Crippen LogP contribution in [0, 0.1) is 0 Å². The molecule has 0 radical (unpaired) electrons. The molecule has 30 heavy (non-hydrogen) atoms. The van der Waals surface area contributed by atoms with E-state index in [9.17, 15) is 14.7 Å². The predicted octanol–water partition coefficient (Wildman–Crippen LogP) is 2.90. The van der Waals surface area contributed by atoms with E-state index in [1.807, 2.05) is 0 Å². The Kier molecular flexibility index (Phi) is 5.50. The predicted molar refractivity (Wildman–Crippen MR) is 106 cm³/mol. The van der Waals surface area contributed by atoms with Crippen LogP contribution >= 0.6 is 0 Å². The topological polar surface area (TPSA) is 98.4 Å². The van der Waals surface area contributed by atoms with Gasteiger partial charge in [0.15, 0.2) is 0 Å². The van der Waals surface area contributed by atoms with E-state index in [1.165, 1.54) is 25.4 Å². The minimum atomic E-state index is -0.861. The summed E-state index contributed by atoms with van der Waals surface area (Å²) < 4.78 is 21.8. The monoisotopic (exact) mass is 413 g/mol. The first-order valence-corrected chi connectivity index (χ1v) is 9.71. The molecule has 1 amide bonds. The molecule has 2 aliphatic heterocycles. The Bertz CT molecular complexity index is 973. The maximum Gasteiger partial charge on any atom is 0.295 e. The van der Waals surface area contributed by atoms with Crippen molar-refractivity contribution in [1.82, 2.24) is 4.90 Å². The molecular weight excluding hydrogens is 390 g/mol. The van der Waals surface area contributed by atoms with Crippen LogP contribution in [0.4, 0.5) is 0 Å². The molecule has 8 heteroatoms. The third-order valence-corrected chi connectivity index (χ3v) is 5.44. The third-order valence-electron chi connectivity index (χ3n) is 5.44. The molecule has 3 heterocycles. The molecule has 2 aromatic rings. The zero-order valence-electron chi connectivity index (χ0n) is 16.8. The standard InChI is InChI=1S/C22H23NO7/c1-27-13-7-8-16(28-2)15(11-13)20(24)18-19(17-6-4-10-30-17)23(22(26)21(18)25)12-14-5-3-9-29-14/h4,6-8,10-11,14,19,24H,3,5,9,12H2,1-2H3/b20-18-. The number of aliphatic hydroxyl groups is 1. The molecule has 158 valence electrons. The van der Waals surface area contributed by atoms with Gasteiger partial charge in [0.25, 0.3) is 11.7 Å². The SMILES string of the molecule is COc1ccc(OC)c(/C(O)=C2/C(=O)C(=O)N(CC3CCCO3)C2c2ccco2)c1. The number of amides is 1. The second-order valence-electron chi connectivity index (χ2n) is 7.17. The van der Waals surface area contributed by atoms with Crippen LogP contribution in [0.5, 0.6) is 11.5 Å². The van der Waals surface area contributed by atoms with Crippen molar-refractivity contribution in [3.8, 4) is 11.5 Å². The van der Waals surface area contributed by atoms with Crippen molar-refractivity contribution in [2.45, 2.75) is 25.0 Å². The number of aliphatic hydroxyl groups excluding tert-OH is 1. The second-order valence-corrected chi connectivity index (χ2v) is 7.17. The van der Waals surface area contributed by atoms with Gasteiger partial charge in [-0.2, -0.15) is 0 Å². The van der Waals surface area contributed by atoms with E-state index in [-0.39, 0.29) is 29.5 Å². The number of nitrogens with zero attached hydrogens (tertiary/aromatic N) is 1. The number of hydrogen-bond donors (Lipinski definition) is 1. The van der Waals surface area contributed by atoms with Crippen molar-refractivity contribution in [3.05, 3.63) is 53.5 Å². The first-order valence-electron chi connectivity index (χ1n) is 9.71. The van der Waals surface area contributed by atoms with Crippen LogP contribution < -0.4 is 9.47 Å². The van der Waals surface area contributed by atoms with Crippen molar-refractivity contribution in [2.75, 3.05) is 27.4 Å². The Morgan fingerprint density at radius 1 is 1.23 bits per heavy atom. The molecule has 1 aromatic heterocycles. The third kappa shape index (κ3) is 3.43. The highest BCUT2D eigenvalue weighted by atomic mass is 16.5. The minimum absolute atomic E-state index is 0.0560. The highest BCUT2D eigenvalue weighted by Gasteiger charge is 2.48. The molecule has 4 rings (SSSR count). The second kappa shape index (κ2) is 8.23. The van der Waals surface area contributed by atoms with Gasteiger partial charge in [-0.1, -0.05) is 0 Å². The number of furan rings is 1. The van der Waals surface area contributed by atoms with Crippen LogP contribution in [0.3, 0.4) is 0 Å². The lowest BCUT2D eigenvalue weighted by molar-refractivity contribution is -0.141. The van der Waals surface area contributed by atoms with Crippen molar-refractivity contribution < 1.29 is 33.3 Å². The highest BCUT2D eigenvalue weighted by molar-refractivity contribution is 6.46. The van der Waals surface area contributed by atoms with E-state index < -0.39 is 17.7 Å². The maximum absolute atomic E-state index is 13.0. The van der Waals surface area contributed by atoms with E-state index in [2.05, 4.69) is 0 Å². The van der Waals surface area contributed by atoms with E-state index in [0.29, 0.717) is 23.9 Å². The lowest BCUT2D eigenvalue weighted by Crippen LogP contribution is -2.36. The smallest absolute Gasteiger partial charge is 0.295 e. The quantitative estimate of drug-likeness (QED) is 0.442. The molecular formula is C22H23NO7. The van der Waals surface area contributed by atoms with Crippen LogP contribution in [0.25, 0.3) is 5.76 Å². The molecule has 1 N–H and O–H groups in total. The van der Waals surface area contributed by atoms with Crippen LogP contribution in [-0.4, -0.2) is 55.2 Å². The van der Waals surface area contributed by atoms with Gasteiger partial charge >= 0.3 is 0 Å². The number of ether oxygens (including phenoxy) is 3. The molecule has 0 saturated carbocycles. The molecule has 1 aromatic carbocycles. The Morgan fingerprint density at radius 2 is 2.07 bits per heavy atom. The van der Waals surface area contributed by atoms with Gasteiger partial charge in [-0.25, -0.2) is 0 Å². The Hall–Kier alpha value is -3.26. The molecule has 2 atom stereocenters. The summed E-state index contributed by atoms with van der Waals surface area (Å²) in [5.74, 6) is -0.625. The van der Waals surface area contributed by atoms with E-state index in [0.717, 1.165) is 12.8 Å². The van der Waals surface area contributed by atoms with Gasteiger partial charge < -0.3 is 28.6 Å². The summed E-state index contributed by atoms with van der Waals surface area (Å²) in [5, 5.41) is 11.2. The lowest BCUT2D eigenvalue weighted by atomic mass is 9.98. The molecule has 0 spiro atoms. The summed E-state index contributed by atoms with van der Waals surface area (Å²) in [6.07, 6.45) is 3.01. The van der Waals surface area contributed by atoms with Crippen molar-refractivity contribution in [3.63, 3.8) is 0 Å². The summed E-state index contributed by atoms with van der Waals surface area (Å²) in [6, 6.07) is 7.34. The van der Waals surface area contributed by atoms with Crippen LogP contribution in [0.2, 0.25) is 0 Å². The average molecular weight is 413 g/mol. The number of methoxy groups -OCH3 is 2. The van der Waals surface area contributed by atoms with Gasteiger partial charge in [0.05, 0.1) is 37.7 Å². The van der Waals surface area contributed by atoms with Gasteiger partial charge in [0.2, 0.25) is 0 Å². The summed E-state index contributed by atoms with van der Waals surface area (Å²) in [6.45, 7) is 0.864. The van der Waals surface area contributed by atoms with E-state index in [4.69, 9.17) is 18.6 Å². The van der Waals surface area contributed by atoms with Crippen molar-refractivity contribution in [2.24, 2.45) is 0 Å². The summed E-state index contributed by atoms with van der Waals surface area (Å²) in [5.41, 5.74) is 0.197. The molecule has 0 bridgehead atoms. The first-order chi connectivity index (χ1) is 14.5. The number of hydrogen-bond acceptors (Lipinski definition) is 7. The molecule has 0 aliphatic carbocycles. The number of Topliss-reactive ketones (excluding diaryl/α,β-unsaturated/α-hetero) is 1. The highest BCUT2D eigenvalue weighted by Crippen LogP contribution is 2.42. The van der Waals surface area contributed by atoms with Gasteiger partial charge in [-0.05, 0) is 43.2 Å². The molecule has 2 aliphatic rings.